The molecule has 1 aliphatic heterocycles. The van der Waals surface area contributed by atoms with Crippen molar-refractivity contribution in [2.75, 3.05) is 19.8 Å². The highest BCUT2D eigenvalue weighted by Gasteiger charge is 2.35. The van der Waals surface area contributed by atoms with Gasteiger partial charge in [-0.2, -0.15) is 0 Å². The number of fused-ring (bicyclic) bond motifs is 1. The Morgan fingerprint density at radius 1 is 1.08 bits per heavy atom. The van der Waals surface area contributed by atoms with Crippen molar-refractivity contribution in [1.29, 1.82) is 0 Å². The average molecular weight is 336 g/mol. The lowest BCUT2D eigenvalue weighted by molar-refractivity contribution is -0.757. The van der Waals surface area contributed by atoms with Crippen LogP contribution in [0.4, 0.5) is 0 Å². The molecule has 0 unspecified atom stereocenters. The Labute approximate surface area is 139 Å². The molecule has 2 amide bonds. The van der Waals surface area contributed by atoms with Crippen molar-refractivity contribution in [2.24, 2.45) is 0 Å². The highest BCUT2D eigenvalue weighted by atomic mass is 16.9. The number of ether oxygens (including phenoxy) is 1. The molecule has 0 aliphatic carbocycles. The lowest BCUT2D eigenvalue weighted by atomic mass is 10.1. The molecule has 0 spiro atoms. The normalized spacial score (nSPS) is 13.1. The molecule has 8 heteroatoms. The Kier molecular flexibility index (Phi) is 6.11. The number of imide groups is 1. The number of carbonyl (C=O) groups excluding carboxylic acids is 2. The van der Waals surface area contributed by atoms with Crippen molar-refractivity contribution >= 4 is 11.8 Å². The zero-order valence-corrected chi connectivity index (χ0v) is 13.5. The summed E-state index contributed by atoms with van der Waals surface area (Å²) in [5.41, 5.74) is 0.785. The van der Waals surface area contributed by atoms with E-state index in [0.29, 0.717) is 42.9 Å². The van der Waals surface area contributed by atoms with Crippen LogP contribution < -0.4 is 4.74 Å². The summed E-state index contributed by atoms with van der Waals surface area (Å²) in [5, 5.41) is 9.19. The number of hydrogen-bond acceptors (Lipinski definition) is 6. The van der Waals surface area contributed by atoms with Gasteiger partial charge in [-0.1, -0.05) is 12.8 Å². The van der Waals surface area contributed by atoms with Crippen molar-refractivity contribution < 1.29 is 24.3 Å². The van der Waals surface area contributed by atoms with Crippen molar-refractivity contribution in [3.63, 3.8) is 0 Å². The van der Waals surface area contributed by atoms with Gasteiger partial charge in [-0.25, -0.2) is 0 Å². The van der Waals surface area contributed by atoms with Crippen LogP contribution in [0.5, 0.6) is 5.75 Å². The van der Waals surface area contributed by atoms with Crippen LogP contribution in [0, 0.1) is 10.1 Å². The topological polar surface area (TPSA) is 99.0 Å². The summed E-state index contributed by atoms with van der Waals surface area (Å²) in [7, 11) is 0. The SMILES string of the molecule is CCOc1ccc2c(c1)C(=O)N(CCCCCCO[N+](=O)[O-])C2=O. The largest absolute Gasteiger partial charge is 0.494 e. The van der Waals surface area contributed by atoms with Crippen molar-refractivity contribution in [1.82, 2.24) is 4.90 Å². The van der Waals surface area contributed by atoms with Gasteiger partial charge in [0.2, 0.25) is 0 Å². The number of unbranched alkanes of at least 4 members (excludes halogenated alkanes) is 3. The van der Waals surface area contributed by atoms with Crippen LogP contribution in [-0.2, 0) is 4.84 Å². The highest BCUT2D eigenvalue weighted by Crippen LogP contribution is 2.27. The minimum absolute atomic E-state index is 0.0697. The van der Waals surface area contributed by atoms with E-state index in [9.17, 15) is 19.7 Å². The molecule has 0 N–H and O–H groups in total. The zero-order valence-electron chi connectivity index (χ0n) is 13.5. The van der Waals surface area contributed by atoms with Crippen LogP contribution >= 0.6 is 0 Å². The summed E-state index contributed by atoms with van der Waals surface area (Å²) in [5.74, 6) is -0.00647. The third-order valence-corrected chi connectivity index (χ3v) is 3.73. The molecule has 0 saturated heterocycles. The molecule has 0 atom stereocenters. The molecule has 130 valence electrons. The maximum atomic E-state index is 12.4. The van der Waals surface area contributed by atoms with Crippen LogP contribution in [0.15, 0.2) is 18.2 Å². The van der Waals surface area contributed by atoms with Crippen LogP contribution in [0.2, 0.25) is 0 Å². The van der Waals surface area contributed by atoms with Crippen LogP contribution in [0.1, 0.15) is 53.3 Å². The van der Waals surface area contributed by atoms with Gasteiger partial charge in [0.1, 0.15) is 5.75 Å². The molecule has 0 radical (unpaired) electrons. The lowest BCUT2D eigenvalue weighted by Gasteiger charge is -2.13. The van der Waals surface area contributed by atoms with E-state index in [-0.39, 0.29) is 18.4 Å². The van der Waals surface area contributed by atoms with E-state index in [4.69, 9.17) is 4.74 Å². The minimum Gasteiger partial charge on any atom is -0.494 e. The van der Waals surface area contributed by atoms with Gasteiger partial charge in [0.05, 0.1) is 24.3 Å². The minimum atomic E-state index is -0.810. The van der Waals surface area contributed by atoms with Gasteiger partial charge in [-0.3, -0.25) is 14.5 Å². The number of benzene rings is 1. The van der Waals surface area contributed by atoms with Gasteiger partial charge in [-0.05, 0) is 38.0 Å². The smallest absolute Gasteiger partial charge is 0.294 e. The van der Waals surface area contributed by atoms with E-state index in [1.54, 1.807) is 18.2 Å². The summed E-state index contributed by atoms with van der Waals surface area (Å²) in [6.45, 7) is 2.75. The second kappa shape index (κ2) is 8.28. The molecule has 24 heavy (non-hydrogen) atoms. The van der Waals surface area contributed by atoms with Gasteiger partial charge in [-0.15, -0.1) is 10.1 Å². The molecule has 1 aliphatic rings. The Bertz CT molecular complexity index is 631. The highest BCUT2D eigenvalue weighted by molar-refractivity contribution is 6.21. The molecule has 1 aromatic rings. The number of nitrogens with zero attached hydrogens (tertiary/aromatic N) is 2. The molecule has 1 aromatic carbocycles. The predicted octanol–water partition coefficient (Wildman–Crippen LogP) is 2.45. The first-order valence-corrected chi connectivity index (χ1v) is 7.95. The van der Waals surface area contributed by atoms with E-state index in [1.165, 1.54) is 4.90 Å². The molecule has 0 aromatic heterocycles. The first-order chi connectivity index (χ1) is 11.5. The maximum Gasteiger partial charge on any atom is 0.294 e. The summed E-state index contributed by atoms with van der Waals surface area (Å²) >= 11 is 0. The Balaban J connectivity index is 1.81. The van der Waals surface area contributed by atoms with Gasteiger partial charge in [0.25, 0.3) is 16.9 Å². The van der Waals surface area contributed by atoms with Crippen LogP contribution in [0.25, 0.3) is 0 Å². The number of hydrogen-bond donors (Lipinski definition) is 0. The van der Waals surface area contributed by atoms with E-state index in [1.807, 2.05) is 6.92 Å². The number of amides is 2. The van der Waals surface area contributed by atoms with Crippen molar-refractivity contribution in [3.8, 4) is 5.75 Å². The fourth-order valence-electron chi connectivity index (χ4n) is 2.59. The second-order valence-corrected chi connectivity index (χ2v) is 5.37. The van der Waals surface area contributed by atoms with E-state index in [2.05, 4.69) is 4.84 Å². The fourth-order valence-corrected chi connectivity index (χ4v) is 2.59. The van der Waals surface area contributed by atoms with E-state index >= 15 is 0 Å². The number of rotatable bonds is 10. The summed E-state index contributed by atoms with van der Waals surface area (Å²) in [4.78, 5) is 40.1. The Morgan fingerprint density at radius 2 is 1.79 bits per heavy atom. The molecular formula is C16H20N2O6. The summed E-state index contributed by atoms with van der Waals surface area (Å²) in [6.07, 6.45) is 2.73. The Hall–Kier alpha value is -2.64. The molecule has 0 saturated carbocycles. The quantitative estimate of drug-likeness (QED) is 0.282. The first kappa shape index (κ1) is 17.7. The standard InChI is InChI=1S/C16H20N2O6/c1-2-23-12-7-8-13-14(11-12)16(20)17(15(13)19)9-5-3-4-6-10-24-18(21)22/h7-8,11H,2-6,9-10H2,1H3. The van der Waals surface area contributed by atoms with Crippen LogP contribution in [0.3, 0.4) is 0 Å². The second-order valence-electron chi connectivity index (χ2n) is 5.37. The summed E-state index contributed by atoms with van der Waals surface area (Å²) < 4.78 is 5.36. The van der Waals surface area contributed by atoms with Gasteiger partial charge in [0.15, 0.2) is 0 Å². The third-order valence-electron chi connectivity index (χ3n) is 3.73. The average Bonchev–Trinajstić information content (AvgIpc) is 2.78. The molecule has 8 nitrogen and oxygen atoms in total. The molecule has 0 fully saturated rings. The van der Waals surface area contributed by atoms with Crippen molar-refractivity contribution in [3.05, 3.63) is 39.4 Å². The van der Waals surface area contributed by atoms with Gasteiger partial charge in [0, 0.05) is 6.54 Å². The molecular weight excluding hydrogens is 316 g/mol. The first-order valence-electron chi connectivity index (χ1n) is 7.95. The van der Waals surface area contributed by atoms with Gasteiger partial charge < -0.3 is 9.57 Å². The summed E-state index contributed by atoms with van der Waals surface area (Å²) in [6, 6.07) is 4.91. The molecule has 2 rings (SSSR count). The fraction of sp³-hybridized carbons (Fsp3) is 0.500. The molecule has 1 heterocycles. The monoisotopic (exact) mass is 336 g/mol. The predicted molar refractivity (Wildman–Crippen MR) is 84.4 cm³/mol. The lowest BCUT2D eigenvalue weighted by Crippen LogP contribution is -2.30. The Morgan fingerprint density at radius 3 is 2.50 bits per heavy atom. The van der Waals surface area contributed by atoms with E-state index < -0.39 is 5.09 Å². The number of carbonyl (C=O) groups is 2. The van der Waals surface area contributed by atoms with Crippen LogP contribution in [-0.4, -0.2) is 41.6 Å². The third kappa shape index (κ3) is 4.21. The van der Waals surface area contributed by atoms with Gasteiger partial charge >= 0.3 is 0 Å². The maximum absolute atomic E-state index is 12.4. The zero-order chi connectivity index (χ0) is 17.5. The molecule has 0 bridgehead atoms. The van der Waals surface area contributed by atoms with Crippen molar-refractivity contribution in [2.45, 2.75) is 32.6 Å². The van der Waals surface area contributed by atoms with E-state index in [0.717, 1.165) is 12.8 Å².